The number of carbonyl (C=O) groups excluding carboxylic acids is 2. The maximum Gasteiger partial charge on any atom is 0.416 e. The number of amides is 3. The molecule has 3 aromatic carbocycles. The number of hydrogen-bond donors (Lipinski definition) is 4. The quantitative estimate of drug-likeness (QED) is 0.0844. The molecule has 41 heavy (non-hydrogen) atoms. The molecular formula is C29H30F3N7O2. The number of hydrogen-bond acceptors (Lipinski definition) is 4. The number of carbonyl (C=O) groups is 2. The molecule has 0 atom stereocenters. The number of benzene rings is 3. The number of halogens is 3. The Labute approximate surface area is 235 Å². The molecule has 214 valence electrons. The van der Waals surface area contributed by atoms with Gasteiger partial charge in [-0.1, -0.05) is 59.9 Å². The molecule has 0 spiro atoms. The third-order valence-electron chi connectivity index (χ3n) is 6.91. The van der Waals surface area contributed by atoms with Gasteiger partial charge in [-0.15, -0.1) is 0 Å². The fraction of sp³-hybridized carbons (Fsp3) is 0.276. The molecule has 0 unspecified atom stereocenters. The highest BCUT2D eigenvalue weighted by atomic mass is 19.4. The summed E-state index contributed by atoms with van der Waals surface area (Å²) in [6.07, 6.45) is 1.30. The Kier molecular flexibility index (Phi) is 9.33. The van der Waals surface area contributed by atoms with Gasteiger partial charge in [0.25, 0.3) is 5.91 Å². The molecule has 0 aliphatic heterocycles. The van der Waals surface area contributed by atoms with Crippen LogP contribution in [0.1, 0.15) is 65.1 Å². The topological polar surface area (TPSA) is 136 Å². The highest BCUT2D eigenvalue weighted by Crippen LogP contribution is 2.34. The number of guanidine groups is 1. The van der Waals surface area contributed by atoms with Crippen molar-refractivity contribution in [3.8, 4) is 0 Å². The molecule has 1 aliphatic carbocycles. The van der Waals surface area contributed by atoms with Crippen LogP contribution in [0.3, 0.4) is 0 Å². The van der Waals surface area contributed by atoms with Gasteiger partial charge in [0, 0.05) is 16.9 Å². The average molecular weight is 566 g/mol. The molecule has 0 radical (unpaired) electrons. The lowest BCUT2D eigenvalue weighted by molar-refractivity contribution is -0.137. The number of rotatable bonds is 6. The summed E-state index contributed by atoms with van der Waals surface area (Å²) in [5, 5.41) is 18.5. The predicted molar refractivity (Wildman–Crippen MR) is 150 cm³/mol. The summed E-state index contributed by atoms with van der Waals surface area (Å²) in [5.41, 5.74) is 1.81. The van der Waals surface area contributed by atoms with E-state index in [4.69, 9.17) is 11.3 Å². The molecule has 1 fully saturated rings. The number of alkyl halides is 3. The number of nitrogens with two attached hydrogens (primary N) is 1. The van der Waals surface area contributed by atoms with Crippen molar-refractivity contribution >= 4 is 29.3 Å². The maximum absolute atomic E-state index is 13.4. The minimum Gasteiger partial charge on any atom is -0.308 e. The molecule has 9 nitrogen and oxygen atoms in total. The van der Waals surface area contributed by atoms with Crippen LogP contribution in [0.4, 0.5) is 29.3 Å². The van der Waals surface area contributed by atoms with Crippen LogP contribution >= 0.6 is 0 Å². The van der Waals surface area contributed by atoms with E-state index in [0.717, 1.165) is 25.0 Å². The molecule has 5 N–H and O–H groups in total. The van der Waals surface area contributed by atoms with Crippen molar-refractivity contribution in [3.63, 3.8) is 0 Å². The van der Waals surface area contributed by atoms with Gasteiger partial charge in [0.2, 0.25) is 5.96 Å². The summed E-state index contributed by atoms with van der Waals surface area (Å²) in [5.74, 6) is 4.24. The molecule has 0 aromatic heterocycles. The summed E-state index contributed by atoms with van der Waals surface area (Å²) in [4.78, 5) is 27.2. The average Bonchev–Trinajstić information content (AvgIpc) is 2.96. The van der Waals surface area contributed by atoms with E-state index in [1.54, 1.807) is 12.1 Å². The zero-order chi connectivity index (χ0) is 29.4. The molecule has 3 aromatic rings. The second-order valence-corrected chi connectivity index (χ2v) is 9.74. The van der Waals surface area contributed by atoms with Gasteiger partial charge in [0.1, 0.15) is 0 Å². The first-order valence-corrected chi connectivity index (χ1v) is 13.1. The lowest BCUT2D eigenvalue weighted by Gasteiger charge is -2.26. The normalized spacial score (nSPS) is 14.0. The molecule has 1 aliphatic rings. The zero-order valence-electron chi connectivity index (χ0n) is 22.1. The van der Waals surface area contributed by atoms with Gasteiger partial charge >= 0.3 is 12.2 Å². The summed E-state index contributed by atoms with van der Waals surface area (Å²) in [6, 6.07) is 17.8. The largest absolute Gasteiger partial charge is 0.416 e. The lowest BCUT2D eigenvalue weighted by atomic mass is 9.84. The van der Waals surface area contributed by atoms with Crippen LogP contribution in [0.2, 0.25) is 0 Å². The number of nitrogens with one attached hydrogen (secondary N) is 3. The van der Waals surface area contributed by atoms with Crippen molar-refractivity contribution in [3.05, 3.63) is 95.1 Å². The molecule has 0 saturated heterocycles. The van der Waals surface area contributed by atoms with E-state index in [1.165, 1.54) is 54.0 Å². The SMILES string of the molecule is N=C(/N=N\N)NC(=O)c1ccc(CN(C(=O)Nc2cccc(C(F)(F)F)c2)c2ccc(C3CCCCC3)cc2)cc1. The molecule has 0 bridgehead atoms. The summed E-state index contributed by atoms with van der Waals surface area (Å²) >= 11 is 0. The van der Waals surface area contributed by atoms with Gasteiger partial charge in [-0.2, -0.15) is 13.2 Å². The van der Waals surface area contributed by atoms with Crippen LogP contribution in [0.25, 0.3) is 0 Å². The Morgan fingerprint density at radius 3 is 2.29 bits per heavy atom. The van der Waals surface area contributed by atoms with E-state index >= 15 is 0 Å². The Morgan fingerprint density at radius 2 is 1.66 bits per heavy atom. The number of anilines is 2. The van der Waals surface area contributed by atoms with Gasteiger partial charge in [-0.3, -0.25) is 20.4 Å². The Morgan fingerprint density at radius 1 is 0.976 bits per heavy atom. The minimum absolute atomic E-state index is 0.0118. The Hall–Kier alpha value is -4.74. The second-order valence-electron chi connectivity index (χ2n) is 9.74. The van der Waals surface area contributed by atoms with Crippen molar-refractivity contribution in [1.82, 2.24) is 5.32 Å². The molecule has 3 amide bonds. The molecule has 12 heteroatoms. The highest BCUT2D eigenvalue weighted by molar-refractivity contribution is 6.05. The van der Waals surface area contributed by atoms with Gasteiger partial charge in [-0.05, 0) is 72.4 Å². The summed E-state index contributed by atoms with van der Waals surface area (Å²) in [7, 11) is 0. The summed E-state index contributed by atoms with van der Waals surface area (Å²) in [6.45, 7) is 0.0761. The van der Waals surface area contributed by atoms with E-state index in [2.05, 4.69) is 21.0 Å². The maximum atomic E-state index is 13.4. The predicted octanol–water partition coefficient (Wildman–Crippen LogP) is 6.98. The van der Waals surface area contributed by atoms with E-state index in [1.807, 2.05) is 24.3 Å². The van der Waals surface area contributed by atoms with E-state index < -0.39 is 29.6 Å². The van der Waals surface area contributed by atoms with Crippen molar-refractivity contribution in [2.45, 2.75) is 50.7 Å². The number of nitrogens with zero attached hydrogens (tertiary/aromatic N) is 3. The number of urea groups is 1. The van der Waals surface area contributed by atoms with Crippen LogP contribution in [-0.4, -0.2) is 17.9 Å². The molecule has 0 heterocycles. The first kappa shape index (κ1) is 29.2. The smallest absolute Gasteiger partial charge is 0.308 e. The van der Waals surface area contributed by atoms with Crippen LogP contribution in [-0.2, 0) is 12.7 Å². The standard InChI is InChI=1S/C29H30F3N7O2/c30-29(31,32)23-7-4-8-24(17-23)35-28(41)39(25-15-13-21(14-16-25)20-5-2-1-3-6-20)18-19-9-11-22(12-10-19)26(40)36-27(33)37-38-34/h4,7-17,20H,1-3,5-6,18H2,(H,35,41)(H4,33,34,36,37,40). The van der Waals surface area contributed by atoms with Crippen LogP contribution in [0, 0.1) is 5.41 Å². The Balaban J connectivity index is 1.56. The van der Waals surface area contributed by atoms with E-state index in [9.17, 15) is 22.8 Å². The van der Waals surface area contributed by atoms with Crippen molar-refractivity contribution in [2.24, 2.45) is 16.2 Å². The summed E-state index contributed by atoms with van der Waals surface area (Å²) < 4.78 is 39.7. The van der Waals surface area contributed by atoms with Crippen molar-refractivity contribution in [2.75, 3.05) is 10.2 Å². The Bertz CT molecular complexity index is 1400. The van der Waals surface area contributed by atoms with Crippen molar-refractivity contribution < 1.29 is 22.8 Å². The van der Waals surface area contributed by atoms with E-state index in [-0.39, 0.29) is 17.8 Å². The van der Waals surface area contributed by atoms with Crippen LogP contribution in [0.15, 0.2) is 83.1 Å². The van der Waals surface area contributed by atoms with Crippen molar-refractivity contribution in [1.29, 1.82) is 5.41 Å². The molecule has 4 rings (SSSR count). The van der Waals surface area contributed by atoms with E-state index in [0.29, 0.717) is 17.2 Å². The lowest BCUT2D eigenvalue weighted by Crippen LogP contribution is -2.34. The molecule has 1 saturated carbocycles. The highest BCUT2D eigenvalue weighted by Gasteiger charge is 2.30. The van der Waals surface area contributed by atoms with Gasteiger partial charge in [-0.25, -0.2) is 4.79 Å². The van der Waals surface area contributed by atoms with Gasteiger partial charge in [0.15, 0.2) is 0 Å². The second kappa shape index (κ2) is 13.1. The molecular weight excluding hydrogens is 535 g/mol. The van der Waals surface area contributed by atoms with Crippen LogP contribution in [0.5, 0.6) is 0 Å². The van der Waals surface area contributed by atoms with Gasteiger partial charge < -0.3 is 11.2 Å². The van der Waals surface area contributed by atoms with Crippen LogP contribution < -0.4 is 21.4 Å². The third kappa shape index (κ3) is 7.90. The van der Waals surface area contributed by atoms with Gasteiger partial charge in [0.05, 0.1) is 12.1 Å². The first-order chi connectivity index (χ1) is 19.6. The first-order valence-electron chi connectivity index (χ1n) is 13.1. The minimum atomic E-state index is -4.55. The monoisotopic (exact) mass is 565 g/mol. The zero-order valence-corrected chi connectivity index (χ0v) is 22.1. The fourth-order valence-electron chi connectivity index (χ4n) is 4.81. The third-order valence-corrected chi connectivity index (χ3v) is 6.91. The fourth-order valence-corrected chi connectivity index (χ4v) is 4.81.